The second kappa shape index (κ2) is 7.20. The van der Waals surface area contributed by atoms with Crippen LogP contribution in [0.3, 0.4) is 0 Å². The lowest BCUT2D eigenvalue weighted by molar-refractivity contribution is -0.142. The number of carbonyl (C=O) groups excluding carboxylic acids is 1. The Hall–Kier alpha value is -2.42. The second-order valence-electron chi connectivity index (χ2n) is 6.06. The molecule has 1 aromatic heterocycles. The molecular formula is C18H11Cl2FN2O4S. The van der Waals surface area contributed by atoms with Crippen LogP contribution in [0.5, 0.6) is 5.75 Å². The maximum atomic E-state index is 13.8. The van der Waals surface area contributed by atoms with Gasteiger partial charge in [0.05, 0.1) is 33.4 Å². The molecule has 1 N–H and O–H groups in total. The highest BCUT2D eigenvalue weighted by Crippen LogP contribution is 2.38. The van der Waals surface area contributed by atoms with Crippen molar-refractivity contribution in [3.63, 3.8) is 0 Å². The van der Waals surface area contributed by atoms with Crippen molar-refractivity contribution in [1.82, 2.24) is 4.98 Å². The van der Waals surface area contributed by atoms with Gasteiger partial charge in [-0.3, -0.25) is 14.5 Å². The summed E-state index contributed by atoms with van der Waals surface area (Å²) in [5.41, 5.74) is 0.728. The molecule has 144 valence electrons. The number of amides is 1. The molecule has 2 heterocycles. The molecule has 0 fully saturated rings. The molecule has 0 saturated carbocycles. The Morgan fingerprint density at radius 1 is 1.32 bits per heavy atom. The Kier molecular flexibility index (Phi) is 4.86. The van der Waals surface area contributed by atoms with Crippen molar-refractivity contribution in [1.29, 1.82) is 0 Å². The summed E-state index contributed by atoms with van der Waals surface area (Å²) in [6.45, 7) is 0.0159. The smallest absolute Gasteiger partial charge is 0.307 e. The molecule has 1 unspecified atom stereocenters. The standard InChI is InChI=1S/C18H11Cl2FN2O4S/c19-9-2-4-13-17(16(9)20)22-14(28-13)7-23-10-5-8(21)1-3-11(10)27-12(18(23)26)6-15(24)25/h1-5,12H,6-7H2,(H,24,25). The highest BCUT2D eigenvalue weighted by atomic mass is 35.5. The Balaban J connectivity index is 1.74. The third-order valence-electron chi connectivity index (χ3n) is 4.17. The summed E-state index contributed by atoms with van der Waals surface area (Å²) < 4.78 is 20.0. The lowest BCUT2D eigenvalue weighted by Gasteiger charge is -2.33. The fourth-order valence-electron chi connectivity index (χ4n) is 2.93. The Labute approximate surface area is 172 Å². The lowest BCUT2D eigenvalue weighted by Crippen LogP contribution is -2.46. The summed E-state index contributed by atoms with van der Waals surface area (Å²) in [6.07, 6.45) is -1.71. The average Bonchev–Trinajstić information content (AvgIpc) is 3.05. The van der Waals surface area contributed by atoms with E-state index in [4.69, 9.17) is 33.0 Å². The maximum Gasteiger partial charge on any atom is 0.307 e. The van der Waals surface area contributed by atoms with Gasteiger partial charge in [-0.2, -0.15) is 0 Å². The minimum absolute atomic E-state index is 0.0159. The summed E-state index contributed by atoms with van der Waals surface area (Å²) in [6, 6.07) is 7.15. The molecule has 2 aromatic carbocycles. The highest BCUT2D eigenvalue weighted by molar-refractivity contribution is 7.18. The molecule has 0 aliphatic carbocycles. The van der Waals surface area contributed by atoms with Gasteiger partial charge >= 0.3 is 5.97 Å². The largest absolute Gasteiger partial charge is 0.481 e. The van der Waals surface area contributed by atoms with E-state index < -0.39 is 30.2 Å². The number of carboxylic acids is 1. The minimum Gasteiger partial charge on any atom is -0.481 e. The van der Waals surface area contributed by atoms with Crippen molar-refractivity contribution < 1.29 is 23.8 Å². The normalized spacial score (nSPS) is 16.2. The van der Waals surface area contributed by atoms with Crippen LogP contribution in [0.25, 0.3) is 10.2 Å². The number of ether oxygens (including phenoxy) is 1. The minimum atomic E-state index is -1.21. The van der Waals surface area contributed by atoms with E-state index in [1.165, 1.54) is 34.4 Å². The zero-order chi connectivity index (χ0) is 20.0. The Morgan fingerprint density at radius 2 is 2.11 bits per heavy atom. The number of aromatic nitrogens is 1. The van der Waals surface area contributed by atoms with Crippen LogP contribution < -0.4 is 9.64 Å². The van der Waals surface area contributed by atoms with Crippen molar-refractivity contribution in [2.45, 2.75) is 19.1 Å². The van der Waals surface area contributed by atoms with E-state index in [1.54, 1.807) is 12.1 Å². The van der Waals surface area contributed by atoms with Gasteiger partial charge in [0.1, 0.15) is 22.1 Å². The van der Waals surface area contributed by atoms with Gasteiger partial charge in [-0.25, -0.2) is 9.37 Å². The van der Waals surface area contributed by atoms with Crippen LogP contribution in [0.4, 0.5) is 10.1 Å². The molecule has 1 aliphatic rings. The SMILES string of the molecule is O=C(O)CC1Oc2ccc(F)cc2N(Cc2nc3c(Cl)c(Cl)ccc3s2)C1=O. The fourth-order valence-corrected chi connectivity index (χ4v) is 4.31. The maximum absolute atomic E-state index is 13.8. The predicted molar refractivity (Wildman–Crippen MR) is 104 cm³/mol. The van der Waals surface area contributed by atoms with Gasteiger partial charge in [-0.05, 0) is 24.3 Å². The number of hydrogen-bond acceptors (Lipinski definition) is 5. The van der Waals surface area contributed by atoms with Crippen molar-refractivity contribution in [3.8, 4) is 5.75 Å². The number of benzene rings is 2. The number of thiazole rings is 1. The Bertz CT molecular complexity index is 1120. The molecule has 0 saturated heterocycles. The number of nitrogens with zero attached hydrogens (tertiary/aromatic N) is 2. The van der Waals surface area contributed by atoms with Gasteiger partial charge in [0.15, 0.2) is 6.10 Å². The summed E-state index contributed by atoms with van der Waals surface area (Å²) in [4.78, 5) is 29.6. The first-order valence-electron chi connectivity index (χ1n) is 8.06. The van der Waals surface area contributed by atoms with E-state index in [2.05, 4.69) is 4.98 Å². The van der Waals surface area contributed by atoms with E-state index in [-0.39, 0.29) is 18.0 Å². The van der Waals surface area contributed by atoms with Crippen molar-refractivity contribution in [2.24, 2.45) is 0 Å². The monoisotopic (exact) mass is 440 g/mol. The third-order valence-corrected chi connectivity index (χ3v) is 5.97. The van der Waals surface area contributed by atoms with E-state index in [9.17, 15) is 14.0 Å². The van der Waals surface area contributed by atoms with Crippen LogP contribution in [-0.2, 0) is 16.1 Å². The van der Waals surface area contributed by atoms with Gasteiger partial charge in [-0.1, -0.05) is 23.2 Å². The van der Waals surface area contributed by atoms with Crippen LogP contribution in [0.1, 0.15) is 11.4 Å². The lowest BCUT2D eigenvalue weighted by atomic mass is 10.1. The fraction of sp³-hybridized carbons (Fsp3) is 0.167. The van der Waals surface area contributed by atoms with E-state index in [1.807, 2.05) is 0 Å². The van der Waals surface area contributed by atoms with Gasteiger partial charge in [0, 0.05) is 6.07 Å². The number of aliphatic carboxylic acids is 1. The van der Waals surface area contributed by atoms with E-state index in [0.29, 0.717) is 20.6 Å². The number of hydrogen-bond donors (Lipinski definition) is 1. The topological polar surface area (TPSA) is 79.7 Å². The van der Waals surface area contributed by atoms with Crippen molar-refractivity contribution in [3.05, 3.63) is 51.2 Å². The predicted octanol–water partition coefficient (Wildman–Crippen LogP) is 4.51. The number of carboxylic acid groups (broad SMARTS) is 1. The molecule has 0 radical (unpaired) electrons. The molecule has 6 nitrogen and oxygen atoms in total. The first kappa shape index (κ1) is 18.9. The van der Waals surface area contributed by atoms with Gasteiger partial charge in [0.2, 0.25) is 0 Å². The molecule has 0 spiro atoms. The number of fused-ring (bicyclic) bond motifs is 2. The summed E-state index contributed by atoms with van der Waals surface area (Å²) >= 11 is 13.5. The highest BCUT2D eigenvalue weighted by Gasteiger charge is 2.36. The van der Waals surface area contributed by atoms with E-state index >= 15 is 0 Å². The van der Waals surface area contributed by atoms with Crippen LogP contribution in [0.2, 0.25) is 10.0 Å². The zero-order valence-corrected chi connectivity index (χ0v) is 16.3. The van der Waals surface area contributed by atoms with Crippen LogP contribution in [0.15, 0.2) is 30.3 Å². The van der Waals surface area contributed by atoms with Gasteiger partial charge in [-0.15, -0.1) is 11.3 Å². The zero-order valence-electron chi connectivity index (χ0n) is 14.0. The molecular weight excluding hydrogens is 430 g/mol. The quantitative estimate of drug-likeness (QED) is 0.645. The molecule has 10 heteroatoms. The Morgan fingerprint density at radius 3 is 2.86 bits per heavy atom. The second-order valence-corrected chi connectivity index (χ2v) is 7.96. The molecule has 1 atom stereocenters. The van der Waals surface area contributed by atoms with Crippen molar-refractivity contribution >= 4 is 62.3 Å². The molecule has 1 amide bonds. The average molecular weight is 441 g/mol. The van der Waals surface area contributed by atoms with Crippen LogP contribution in [-0.4, -0.2) is 28.1 Å². The molecule has 0 bridgehead atoms. The summed E-state index contributed by atoms with van der Waals surface area (Å²) in [5.74, 6) is -2.07. The van der Waals surface area contributed by atoms with Crippen LogP contribution in [0, 0.1) is 5.82 Å². The number of anilines is 1. The summed E-state index contributed by atoms with van der Waals surface area (Å²) in [7, 11) is 0. The molecule has 28 heavy (non-hydrogen) atoms. The molecule has 1 aliphatic heterocycles. The third kappa shape index (κ3) is 3.39. The first-order chi connectivity index (χ1) is 13.3. The van der Waals surface area contributed by atoms with Gasteiger partial charge in [0.25, 0.3) is 5.91 Å². The van der Waals surface area contributed by atoms with Crippen molar-refractivity contribution in [2.75, 3.05) is 4.90 Å². The van der Waals surface area contributed by atoms with Crippen LogP contribution >= 0.6 is 34.5 Å². The number of carbonyl (C=O) groups is 2. The van der Waals surface area contributed by atoms with E-state index in [0.717, 1.165) is 4.70 Å². The summed E-state index contributed by atoms with van der Waals surface area (Å²) in [5, 5.41) is 10.3. The first-order valence-corrected chi connectivity index (χ1v) is 9.63. The molecule has 3 aromatic rings. The number of rotatable bonds is 4. The van der Waals surface area contributed by atoms with Gasteiger partial charge < -0.3 is 9.84 Å². The molecule has 4 rings (SSSR count). The number of halogens is 3.